The number of rotatable bonds is 5. The van der Waals surface area contributed by atoms with Crippen molar-refractivity contribution in [2.45, 2.75) is 13.3 Å². The predicted octanol–water partition coefficient (Wildman–Crippen LogP) is 3.44. The van der Waals surface area contributed by atoms with Crippen molar-refractivity contribution in [1.82, 2.24) is 0 Å². The number of Topliss-reactive ketones (excluding diaryl/α,β-unsaturated/α-hetero) is 1. The molecule has 1 aromatic heterocycles. The summed E-state index contributed by atoms with van der Waals surface area (Å²) in [6.07, 6.45) is 1.59. The molecule has 0 saturated carbocycles. The highest BCUT2D eigenvalue weighted by Gasteiger charge is 2.18. The van der Waals surface area contributed by atoms with Crippen LogP contribution in [0, 0.1) is 6.92 Å². The van der Waals surface area contributed by atoms with Crippen LogP contribution in [0.2, 0.25) is 0 Å². The Labute approximate surface area is 149 Å². The van der Waals surface area contributed by atoms with E-state index in [4.69, 9.17) is 18.6 Å². The van der Waals surface area contributed by atoms with Crippen LogP contribution in [0.5, 0.6) is 11.5 Å². The molecule has 0 unspecified atom stereocenters. The van der Waals surface area contributed by atoms with Crippen LogP contribution in [0.15, 0.2) is 47.1 Å². The van der Waals surface area contributed by atoms with Gasteiger partial charge in [0.1, 0.15) is 5.58 Å². The minimum atomic E-state index is -0.484. The second-order valence-electron chi connectivity index (χ2n) is 6.09. The van der Waals surface area contributed by atoms with Crippen LogP contribution in [-0.4, -0.2) is 25.2 Å². The van der Waals surface area contributed by atoms with Gasteiger partial charge in [0.25, 0.3) is 0 Å². The quantitative estimate of drug-likeness (QED) is 0.517. The molecule has 0 bridgehead atoms. The van der Waals surface area contributed by atoms with Gasteiger partial charge in [-0.3, -0.25) is 9.59 Å². The van der Waals surface area contributed by atoms with Crippen LogP contribution in [-0.2, 0) is 16.0 Å². The summed E-state index contributed by atoms with van der Waals surface area (Å²) < 4.78 is 21.0. The Morgan fingerprint density at radius 3 is 2.81 bits per heavy atom. The molecule has 0 spiro atoms. The Morgan fingerprint density at radius 1 is 1.08 bits per heavy atom. The molecule has 0 saturated heterocycles. The Kier molecular flexibility index (Phi) is 4.08. The highest BCUT2D eigenvalue weighted by molar-refractivity contribution is 5.98. The van der Waals surface area contributed by atoms with Gasteiger partial charge in [0.15, 0.2) is 23.9 Å². The molecule has 26 heavy (non-hydrogen) atoms. The summed E-state index contributed by atoms with van der Waals surface area (Å²) in [5.41, 5.74) is 2.95. The molecular formula is C20H16O6. The van der Waals surface area contributed by atoms with Crippen molar-refractivity contribution in [3.63, 3.8) is 0 Å². The maximum absolute atomic E-state index is 12.2. The lowest BCUT2D eigenvalue weighted by Crippen LogP contribution is -2.15. The topological polar surface area (TPSA) is 75.0 Å². The number of hydrogen-bond acceptors (Lipinski definition) is 6. The third-order valence-corrected chi connectivity index (χ3v) is 4.20. The highest BCUT2D eigenvalue weighted by Crippen LogP contribution is 2.32. The lowest BCUT2D eigenvalue weighted by molar-refractivity contribution is -0.141. The van der Waals surface area contributed by atoms with E-state index in [0.29, 0.717) is 17.1 Å². The molecule has 1 aliphatic heterocycles. The summed E-state index contributed by atoms with van der Waals surface area (Å²) in [5, 5.41) is 0.870. The molecule has 0 fully saturated rings. The molecule has 1 aliphatic rings. The first-order valence-corrected chi connectivity index (χ1v) is 8.15. The number of esters is 1. The second kappa shape index (κ2) is 6.55. The fourth-order valence-corrected chi connectivity index (χ4v) is 2.83. The Bertz CT molecular complexity index is 1000. The lowest BCUT2D eigenvalue weighted by Gasteiger charge is -2.05. The number of aryl methyl sites for hydroxylation is 1. The van der Waals surface area contributed by atoms with Crippen LogP contribution in [0.3, 0.4) is 0 Å². The maximum atomic E-state index is 12.2. The van der Waals surface area contributed by atoms with Gasteiger partial charge >= 0.3 is 5.97 Å². The lowest BCUT2D eigenvalue weighted by atomic mass is 10.1. The molecular weight excluding hydrogens is 336 g/mol. The third kappa shape index (κ3) is 3.13. The molecule has 2 heterocycles. The molecule has 0 N–H and O–H groups in total. The molecule has 2 aromatic carbocycles. The molecule has 4 rings (SSSR count). The summed E-state index contributed by atoms with van der Waals surface area (Å²) in [6.45, 7) is 1.78. The number of ketones is 1. The van der Waals surface area contributed by atoms with Gasteiger partial charge in [0.2, 0.25) is 6.79 Å². The van der Waals surface area contributed by atoms with E-state index in [1.165, 1.54) is 0 Å². The predicted molar refractivity (Wildman–Crippen MR) is 92.5 cm³/mol. The van der Waals surface area contributed by atoms with E-state index in [2.05, 4.69) is 0 Å². The number of ether oxygens (including phenoxy) is 3. The first kappa shape index (κ1) is 16.2. The van der Waals surface area contributed by atoms with E-state index in [1.54, 1.807) is 24.5 Å². The minimum absolute atomic E-state index is 0.0461. The first-order chi connectivity index (χ1) is 12.6. The average Bonchev–Trinajstić information content (AvgIpc) is 3.25. The van der Waals surface area contributed by atoms with Gasteiger partial charge in [0, 0.05) is 16.5 Å². The number of hydrogen-bond donors (Lipinski definition) is 0. The standard InChI is InChI=1S/C20H16O6/c1-12-2-4-15-14(9-23-18(15)6-12)8-20(22)24-10-16(21)13-3-5-17-19(7-13)26-11-25-17/h2-7,9H,8,10-11H2,1H3. The van der Waals surface area contributed by atoms with Crippen LogP contribution >= 0.6 is 0 Å². The van der Waals surface area contributed by atoms with Gasteiger partial charge in [-0.2, -0.15) is 0 Å². The van der Waals surface area contributed by atoms with Crippen molar-refractivity contribution in [3.8, 4) is 11.5 Å². The van der Waals surface area contributed by atoms with E-state index in [1.807, 2.05) is 25.1 Å². The zero-order valence-corrected chi connectivity index (χ0v) is 14.1. The van der Waals surface area contributed by atoms with Gasteiger partial charge in [-0.1, -0.05) is 12.1 Å². The normalized spacial score (nSPS) is 12.3. The highest BCUT2D eigenvalue weighted by atomic mass is 16.7. The fourth-order valence-electron chi connectivity index (χ4n) is 2.83. The van der Waals surface area contributed by atoms with E-state index in [-0.39, 0.29) is 25.6 Å². The van der Waals surface area contributed by atoms with E-state index in [9.17, 15) is 9.59 Å². The molecule has 0 radical (unpaired) electrons. The molecule has 0 atom stereocenters. The zero-order chi connectivity index (χ0) is 18.1. The van der Waals surface area contributed by atoms with E-state index >= 15 is 0 Å². The second-order valence-corrected chi connectivity index (χ2v) is 6.09. The molecule has 0 aliphatic carbocycles. The van der Waals surface area contributed by atoms with Crippen molar-refractivity contribution in [1.29, 1.82) is 0 Å². The molecule has 6 heteroatoms. The van der Waals surface area contributed by atoms with Crippen LogP contribution in [0.1, 0.15) is 21.5 Å². The number of carbonyl (C=O) groups is 2. The van der Waals surface area contributed by atoms with Crippen molar-refractivity contribution < 1.29 is 28.2 Å². The zero-order valence-electron chi connectivity index (χ0n) is 14.1. The largest absolute Gasteiger partial charge is 0.464 e. The van der Waals surface area contributed by atoms with Gasteiger partial charge in [-0.15, -0.1) is 0 Å². The third-order valence-electron chi connectivity index (χ3n) is 4.20. The Morgan fingerprint density at radius 2 is 1.92 bits per heavy atom. The van der Waals surface area contributed by atoms with Crippen LogP contribution in [0.4, 0.5) is 0 Å². The van der Waals surface area contributed by atoms with E-state index in [0.717, 1.165) is 22.1 Å². The van der Waals surface area contributed by atoms with Gasteiger partial charge in [-0.05, 0) is 36.8 Å². The molecule has 0 amide bonds. The minimum Gasteiger partial charge on any atom is -0.464 e. The molecule has 6 nitrogen and oxygen atoms in total. The van der Waals surface area contributed by atoms with Crippen molar-refractivity contribution in [2.75, 3.05) is 13.4 Å². The summed E-state index contributed by atoms with van der Waals surface area (Å²) in [4.78, 5) is 24.3. The number of benzene rings is 2. The summed E-state index contributed by atoms with van der Waals surface area (Å²) in [7, 11) is 0. The summed E-state index contributed by atoms with van der Waals surface area (Å²) >= 11 is 0. The fraction of sp³-hybridized carbons (Fsp3) is 0.200. The van der Waals surface area contributed by atoms with Crippen LogP contribution < -0.4 is 9.47 Å². The monoisotopic (exact) mass is 352 g/mol. The maximum Gasteiger partial charge on any atom is 0.310 e. The van der Waals surface area contributed by atoms with E-state index < -0.39 is 5.97 Å². The van der Waals surface area contributed by atoms with Gasteiger partial charge < -0.3 is 18.6 Å². The molecule has 3 aromatic rings. The van der Waals surface area contributed by atoms with Gasteiger partial charge in [0.05, 0.1) is 12.7 Å². The number of furan rings is 1. The SMILES string of the molecule is Cc1ccc2c(CC(=O)OCC(=O)c3ccc4c(c3)OCO4)coc2c1. The Balaban J connectivity index is 1.38. The average molecular weight is 352 g/mol. The van der Waals surface area contributed by atoms with Crippen molar-refractivity contribution in [2.24, 2.45) is 0 Å². The number of carbonyl (C=O) groups excluding carboxylic acids is 2. The van der Waals surface area contributed by atoms with Crippen molar-refractivity contribution in [3.05, 3.63) is 59.4 Å². The first-order valence-electron chi connectivity index (χ1n) is 8.15. The summed E-state index contributed by atoms with van der Waals surface area (Å²) in [6, 6.07) is 10.6. The van der Waals surface area contributed by atoms with Crippen molar-refractivity contribution >= 4 is 22.7 Å². The van der Waals surface area contributed by atoms with Crippen LogP contribution in [0.25, 0.3) is 11.0 Å². The Hall–Kier alpha value is -3.28. The molecule has 132 valence electrons. The van der Waals surface area contributed by atoms with Gasteiger partial charge in [-0.25, -0.2) is 0 Å². The number of fused-ring (bicyclic) bond motifs is 2. The smallest absolute Gasteiger partial charge is 0.310 e. The summed E-state index contributed by atoms with van der Waals surface area (Å²) in [5.74, 6) is 0.328.